The van der Waals surface area contributed by atoms with Gasteiger partial charge in [-0.05, 0) is 69.7 Å². The molecule has 1 aliphatic rings. The number of allylic oxidation sites excluding steroid dienone is 2. The average molecular weight is 515 g/mol. The van der Waals surface area contributed by atoms with Gasteiger partial charge >= 0.3 is 5.97 Å². The van der Waals surface area contributed by atoms with E-state index in [1.165, 1.54) is 11.8 Å². The maximum Gasteiger partial charge on any atom is 0.337 e. The molecule has 0 saturated heterocycles. The fraction of sp³-hybridized carbons (Fsp3) is 0.269. The second kappa shape index (κ2) is 10.7. The molecule has 0 aromatic heterocycles. The van der Waals surface area contributed by atoms with Crippen molar-refractivity contribution in [3.8, 4) is 6.07 Å². The summed E-state index contributed by atoms with van der Waals surface area (Å²) in [4.78, 5) is 25.9. The van der Waals surface area contributed by atoms with Crippen LogP contribution in [-0.4, -0.2) is 23.1 Å². The number of Topliss-reactive ketones (excluding diaryl/α,β-unsaturated/α-hetero) is 1. The van der Waals surface area contributed by atoms with Crippen molar-refractivity contribution in [2.75, 3.05) is 5.75 Å². The number of esters is 1. The lowest BCUT2D eigenvalue weighted by molar-refractivity contribution is -0.150. The van der Waals surface area contributed by atoms with Gasteiger partial charge in [0.15, 0.2) is 5.78 Å². The molecular weight excluding hydrogens is 491 g/mol. The lowest BCUT2D eigenvalue weighted by Crippen LogP contribution is -2.32. The summed E-state index contributed by atoms with van der Waals surface area (Å²) >= 11 is 13.2. The van der Waals surface area contributed by atoms with Crippen molar-refractivity contribution in [3.63, 3.8) is 0 Å². The van der Waals surface area contributed by atoms with Crippen molar-refractivity contribution in [3.05, 3.63) is 91.6 Å². The number of nitriles is 1. The summed E-state index contributed by atoms with van der Waals surface area (Å²) in [5.41, 5.74) is 1.80. The van der Waals surface area contributed by atoms with Crippen molar-refractivity contribution in [1.29, 1.82) is 5.26 Å². The number of benzene rings is 2. The Kier molecular flexibility index (Phi) is 8.14. The average Bonchev–Trinajstić information content (AvgIpc) is 2.76. The Hall–Kier alpha value is -2.72. The van der Waals surface area contributed by atoms with Crippen LogP contribution in [0.4, 0.5) is 0 Å². The molecule has 2 aromatic carbocycles. The van der Waals surface area contributed by atoms with Gasteiger partial charge in [0.2, 0.25) is 0 Å². The third kappa shape index (κ3) is 6.24. The predicted octanol–water partition coefficient (Wildman–Crippen LogP) is 6.65. The van der Waals surface area contributed by atoms with Crippen molar-refractivity contribution in [1.82, 2.24) is 5.32 Å². The number of thioether (sulfide) groups is 1. The molecule has 0 aliphatic carbocycles. The van der Waals surface area contributed by atoms with Crippen LogP contribution >= 0.6 is 35.0 Å². The monoisotopic (exact) mass is 514 g/mol. The Morgan fingerprint density at radius 1 is 1.06 bits per heavy atom. The number of nitrogens with one attached hydrogen (secondary N) is 1. The summed E-state index contributed by atoms with van der Waals surface area (Å²) in [6.45, 7) is 7.13. The van der Waals surface area contributed by atoms with Crippen LogP contribution < -0.4 is 5.32 Å². The first-order valence-corrected chi connectivity index (χ1v) is 12.3. The first-order chi connectivity index (χ1) is 16.0. The van der Waals surface area contributed by atoms with Crippen molar-refractivity contribution >= 4 is 46.7 Å². The maximum atomic E-state index is 13.2. The van der Waals surface area contributed by atoms with Gasteiger partial charge in [-0.15, -0.1) is 0 Å². The number of carbonyl (C=O) groups is 2. The first kappa shape index (κ1) is 25.9. The molecule has 3 rings (SSSR count). The predicted molar refractivity (Wildman–Crippen MR) is 137 cm³/mol. The second-order valence-electron chi connectivity index (χ2n) is 8.72. The van der Waals surface area contributed by atoms with Gasteiger partial charge in [0.25, 0.3) is 0 Å². The molecule has 0 radical (unpaired) electrons. The summed E-state index contributed by atoms with van der Waals surface area (Å²) in [6.07, 6.45) is 0. The number of halogens is 2. The Bertz CT molecular complexity index is 1200. The highest BCUT2D eigenvalue weighted by atomic mass is 35.5. The van der Waals surface area contributed by atoms with Gasteiger partial charge in [-0.3, -0.25) is 4.79 Å². The van der Waals surface area contributed by atoms with Crippen LogP contribution in [-0.2, 0) is 9.53 Å². The number of ketones is 1. The normalized spacial score (nSPS) is 16.1. The SMILES string of the molecule is CC1=C(C(=O)OC(C)(C)C)[C@H](c2ccc(Cl)cc2)C(C#N)=C(SCC(=O)c2ccc(Cl)cc2)N1. The van der Waals surface area contributed by atoms with Crippen LogP contribution in [0.25, 0.3) is 0 Å². The van der Waals surface area contributed by atoms with Crippen LogP contribution in [0.1, 0.15) is 49.5 Å². The van der Waals surface area contributed by atoms with E-state index < -0.39 is 17.5 Å². The summed E-state index contributed by atoms with van der Waals surface area (Å²) in [6, 6.07) is 15.9. The van der Waals surface area contributed by atoms with E-state index in [1.54, 1.807) is 76.2 Å². The summed E-state index contributed by atoms with van der Waals surface area (Å²) < 4.78 is 5.65. The standard InChI is InChI=1S/C26H24Cl2N2O3S/c1-15-22(25(32)33-26(2,3)4)23(17-7-11-19(28)12-8-17)20(13-29)24(30-15)34-14-21(31)16-5-9-18(27)10-6-16/h5-12,23,30H,14H2,1-4H3/t23-/m1/s1. The van der Waals surface area contributed by atoms with Crippen molar-refractivity contribution in [2.24, 2.45) is 0 Å². The van der Waals surface area contributed by atoms with E-state index in [0.717, 1.165) is 5.56 Å². The van der Waals surface area contributed by atoms with E-state index in [0.29, 0.717) is 37.5 Å². The van der Waals surface area contributed by atoms with Crippen LogP contribution in [0.2, 0.25) is 10.0 Å². The summed E-state index contributed by atoms with van der Waals surface area (Å²) in [5.74, 6) is -1.16. The van der Waals surface area contributed by atoms with Gasteiger partial charge < -0.3 is 10.1 Å². The number of rotatable bonds is 6. The molecule has 0 amide bonds. The molecule has 0 bridgehead atoms. The highest BCUT2D eigenvalue weighted by Crippen LogP contribution is 2.41. The van der Waals surface area contributed by atoms with Crippen LogP contribution in [0.5, 0.6) is 0 Å². The molecule has 34 heavy (non-hydrogen) atoms. The minimum absolute atomic E-state index is 0.101. The zero-order valence-corrected chi connectivity index (χ0v) is 21.6. The highest BCUT2D eigenvalue weighted by Gasteiger charge is 2.37. The number of nitrogens with zero attached hydrogens (tertiary/aromatic N) is 1. The number of hydrogen-bond donors (Lipinski definition) is 1. The number of carbonyl (C=O) groups excluding carboxylic acids is 2. The minimum Gasteiger partial charge on any atom is -0.457 e. The van der Waals surface area contributed by atoms with Crippen LogP contribution in [0, 0.1) is 11.3 Å². The van der Waals surface area contributed by atoms with Gasteiger partial charge in [-0.1, -0.05) is 47.1 Å². The molecule has 2 aromatic rings. The topological polar surface area (TPSA) is 79.2 Å². The van der Waals surface area contributed by atoms with E-state index in [9.17, 15) is 14.9 Å². The van der Waals surface area contributed by atoms with E-state index in [-0.39, 0.29) is 11.5 Å². The molecule has 8 heteroatoms. The molecule has 1 N–H and O–H groups in total. The molecule has 0 spiro atoms. The Morgan fingerprint density at radius 2 is 1.62 bits per heavy atom. The third-order valence-corrected chi connectivity index (χ3v) is 6.50. The summed E-state index contributed by atoms with van der Waals surface area (Å²) in [5, 5.41) is 14.9. The van der Waals surface area contributed by atoms with Crippen LogP contribution in [0.3, 0.4) is 0 Å². The Labute approximate surface area is 213 Å². The fourth-order valence-corrected chi connectivity index (χ4v) is 4.71. The smallest absolute Gasteiger partial charge is 0.337 e. The minimum atomic E-state index is -0.703. The molecular formula is C26H24Cl2N2O3S. The van der Waals surface area contributed by atoms with Gasteiger partial charge in [-0.25, -0.2) is 4.79 Å². The molecule has 0 fully saturated rings. The Morgan fingerprint density at radius 3 is 2.15 bits per heavy atom. The van der Waals surface area contributed by atoms with Gasteiger partial charge in [-0.2, -0.15) is 5.26 Å². The van der Waals surface area contributed by atoms with Crippen LogP contribution in [0.15, 0.2) is 70.4 Å². The number of ether oxygens (including phenoxy) is 1. The molecule has 1 atom stereocenters. The second-order valence-corrected chi connectivity index (χ2v) is 10.6. The largest absolute Gasteiger partial charge is 0.457 e. The van der Waals surface area contributed by atoms with E-state index in [2.05, 4.69) is 11.4 Å². The lowest BCUT2D eigenvalue weighted by Gasteiger charge is -2.31. The van der Waals surface area contributed by atoms with Gasteiger partial charge in [0.05, 0.1) is 33.9 Å². The molecule has 5 nitrogen and oxygen atoms in total. The third-order valence-electron chi connectivity index (χ3n) is 4.98. The molecule has 176 valence electrons. The fourth-order valence-electron chi connectivity index (χ4n) is 3.48. The summed E-state index contributed by atoms with van der Waals surface area (Å²) in [7, 11) is 0. The Balaban J connectivity index is 1.98. The zero-order chi connectivity index (χ0) is 25.0. The van der Waals surface area contributed by atoms with Crippen molar-refractivity contribution in [2.45, 2.75) is 39.2 Å². The number of dihydropyridines is 1. The molecule has 0 unspecified atom stereocenters. The lowest BCUT2D eigenvalue weighted by atomic mass is 9.82. The zero-order valence-electron chi connectivity index (χ0n) is 19.2. The van der Waals surface area contributed by atoms with E-state index >= 15 is 0 Å². The molecule has 1 aliphatic heterocycles. The first-order valence-electron chi connectivity index (χ1n) is 10.5. The van der Waals surface area contributed by atoms with Gasteiger partial charge in [0, 0.05) is 21.3 Å². The maximum absolute atomic E-state index is 13.2. The van der Waals surface area contributed by atoms with E-state index in [4.69, 9.17) is 27.9 Å². The van der Waals surface area contributed by atoms with Crippen molar-refractivity contribution < 1.29 is 14.3 Å². The van der Waals surface area contributed by atoms with Gasteiger partial charge in [0.1, 0.15) is 5.60 Å². The molecule has 0 saturated carbocycles. The number of hydrogen-bond acceptors (Lipinski definition) is 6. The molecule has 1 heterocycles. The van der Waals surface area contributed by atoms with E-state index in [1.807, 2.05) is 0 Å². The quantitative estimate of drug-likeness (QED) is 0.343. The highest BCUT2D eigenvalue weighted by molar-refractivity contribution is 8.03.